The first-order chi connectivity index (χ1) is 7.08. The van der Waals surface area contributed by atoms with Gasteiger partial charge in [-0.05, 0) is 33.0 Å². The quantitative estimate of drug-likeness (QED) is 0.399. The third-order valence-electron chi connectivity index (χ3n) is 2.33. The van der Waals surface area contributed by atoms with Crippen LogP contribution in [0.4, 0.5) is 0 Å². The highest BCUT2D eigenvalue weighted by Gasteiger charge is 2.37. The maximum atomic E-state index is 11.8. The zero-order valence-corrected chi connectivity index (χ0v) is 9.93. The van der Waals surface area contributed by atoms with E-state index >= 15 is 0 Å². The van der Waals surface area contributed by atoms with Crippen molar-refractivity contribution in [1.29, 1.82) is 0 Å². The molecule has 0 aromatic carbocycles. The fraction of sp³-hybridized carbons (Fsp3) is 0.500. The summed E-state index contributed by atoms with van der Waals surface area (Å²) < 4.78 is 0. The standard InChI is InChI=1S/C10H14N2O2S/c1-4-7-8(13)11(5-2)10(15)12(6-3)9(7)14/h4H,5-6H2,1-3H3. The number of likely N-dealkylation sites (N-methyl/N-ethyl adjacent to an activating group) is 2. The summed E-state index contributed by atoms with van der Waals surface area (Å²) >= 11 is 5.08. The van der Waals surface area contributed by atoms with Gasteiger partial charge in [0.2, 0.25) is 0 Å². The molecule has 1 heterocycles. The molecule has 0 atom stereocenters. The molecule has 0 spiro atoms. The smallest absolute Gasteiger partial charge is 0.265 e. The monoisotopic (exact) mass is 226 g/mol. The molecule has 0 radical (unpaired) electrons. The highest BCUT2D eigenvalue weighted by Crippen LogP contribution is 2.16. The van der Waals surface area contributed by atoms with Crippen molar-refractivity contribution < 1.29 is 9.59 Å². The number of carbonyl (C=O) groups excluding carboxylic acids is 2. The molecule has 0 saturated carbocycles. The van der Waals surface area contributed by atoms with E-state index in [1.54, 1.807) is 6.92 Å². The fourth-order valence-electron chi connectivity index (χ4n) is 1.51. The number of rotatable bonds is 2. The molecule has 82 valence electrons. The summed E-state index contributed by atoms with van der Waals surface area (Å²) in [5.74, 6) is -0.584. The molecule has 0 N–H and O–H groups in total. The van der Waals surface area contributed by atoms with E-state index in [4.69, 9.17) is 12.2 Å². The number of nitrogens with zero attached hydrogens (tertiary/aromatic N) is 2. The summed E-state index contributed by atoms with van der Waals surface area (Å²) in [5, 5.41) is 0.306. The van der Waals surface area contributed by atoms with Crippen molar-refractivity contribution in [3.8, 4) is 0 Å². The minimum Gasteiger partial charge on any atom is -0.285 e. The topological polar surface area (TPSA) is 40.6 Å². The van der Waals surface area contributed by atoms with Crippen LogP contribution in [0.3, 0.4) is 0 Å². The Kier molecular flexibility index (Phi) is 3.57. The van der Waals surface area contributed by atoms with Crippen LogP contribution in [-0.4, -0.2) is 39.8 Å². The van der Waals surface area contributed by atoms with Crippen LogP contribution >= 0.6 is 12.2 Å². The van der Waals surface area contributed by atoms with Gasteiger partial charge < -0.3 is 0 Å². The fourth-order valence-corrected chi connectivity index (χ4v) is 1.93. The molecule has 2 amide bonds. The Morgan fingerprint density at radius 1 is 1.13 bits per heavy atom. The largest absolute Gasteiger partial charge is 0.285 e. The lowest BCUT2D eigenvalue weighted by atomic mass is 10.1. The molecular formula is C10H14N2O2S. The van der Waals surface area contributed by atoms with Crippen molar-refractivity contribution >= 4 is 29.1 Å². The van der Waals surface area contributed by atoms with Gasteiger partial charge in [-0.3, -0.25) is 19.4 Å². The van der Waals surface area contributed by atoms with Gasteiger partial charge in [-0.15, -0.1) is 0 Å². The molecule has 5 heteroatoms. The number of thiocarbonyl (C=S) groups is 1. The third-order valence-corrected chi connectivity index (χ3v) is 2.77. The van der Waals surface area contributed by atoms with E-state index in [0.717, 1.165) is 0 Å². The SMILES string of the molecule is CC=C1C(=O)N(CC)C(=S)N(CC)C1=O. The second-order valence-corrected chi connectivity index (χ2v) is 3.45. The molecule has 0 bridgehead atoms. The van der Waals surface area contributed by atoms with Crippen molar-refractivity contribution in [1.82, 2.24) is 9.80 Å². The van der Waals surface area contributed by atoms with E-state index in [1.165, 1.54) is 15.9 Å². The molecule has 0 aromatic heterocycles. The summed E-state index contributed by atoms with van der Waals surface area (Å²) in [5.41, 5.74) is 0.201. The highest BCUT2D eigenvalue weighted by molar-refractivity contribution is 7.80. The van der Waals surface area contributed by atoms with Crippen molar-refractivity contribution in [3.05, 3.63) is 11.6 Å². The molecule has 15 heavy (non-hydrogen) atoms. The van der Waals surface area contributed by atoms with Crippen molar-refractivity contribution in [2.24, 2.45) is 0 Å². The normalized spacial score (nSPS) is 17.5. The average Bonchev–Trinajstić information content (AvgIpc) is 2.19. The van der Waals surface area contributed by atoms with E-state index in [9.17, 15) is 9.59 Å². The lowest BCUT2D eigenvalue weighted by Crippen LogP contribution is -2.55. The van der Waals surface area contributed by atoms with Crippen LogP contribution in [0.1, 0.15) is 20.8 Å². The molecule has 4 nitrogen and oxygen atoms in total. The van der Waals surface area contributed by atoms with Crippen LogP contribution in [-0.2, 0) is 9.59 Å². The molecular weight excluding hydrogens is 212 g/mol. The van der Waals surface area contributed by atoms with Crippen LogP contribution in [0.2, 0.25) is 0 Å². The van der Waals surface area contributed by atoms with Crippen molar-refractivity contribution in [2.75, 3.05) is 13.1 Å². The number of amides is 2. The predicted molar refractivity (Wildman–Crippen MR) is 61.1 cm³/mol. The Labute approximate surface area is 94.5 Å². The molecule has 1 aliphatic heterocycles. The Morgan fingerprint density at radius 3 is 1.80 bits per heavy atom. The van der Waals surface area contributed by atoms with Gasteiger partial charge in [0, 0.05) is 13.1 Å². The van der Waals surface area contributed by atoms with E-state index in [-0.39, 0.29) is 17.4 Å². The molecule has 1 rings (SSSR count). The van der Waals surface area contributed by atoms with Crippen LogP contribution in [0, 0.1) is 0 Å². The van der Waals surface area contributed by atoms with Crippen LogP contribution in [0.5, 0.6) is 0 Å². The maximum Gasteiger partial charge on any atom is 0.265 e. The van der Waals surface area contributed by atoms with E-state index < -0.39 is 0 Å². The number of carbonyl (C=O) groups is 2. The summed E-state index contributed by atoms with van der Waals surface area (Å²) in [6.07, 6.45) is 1.54. The summed E-state index contributed by atoms with van der Waals surface area (Å²) in [6.45, 7) is 6.32. The van der Waals surface area contributed by atoms with Crippen LogP contribution in [0.15, 0.2) is 11.6 Å². The minimum atomic E-state index is -0.292. The Hall–Kier alpha value is -1.23. The first-order valence-corrected chi connectivity index (χ1v) is 5.33. The van der Waals surface area contributed by atoms with Gasteiger partial charge in [0.15, 0.2) is 5.11 Å². The molecule has 0 aliphatic carbocycles. The maximum absolute atomic E-state index is 11.8. The third kappa shape index (κ3) is 1.79. The van der Waals surface area contributed by atoms with Crippen LogP contribution < -0.4 is 0 Å². The Bertz CT molecular complexity index is 321. The first kappa shape index (κ1) is 11.8. The first-order valence-electron chi connectivity index (χ1n) is 4.92. The molecule has 1 aliphatic rings. The lowest BCUT2D eigenvalue weighted by Gasteiger charge is -2.35. The molecule has 1 saturated heterocycles. The minimum absolute atomic E-state index is 0.201. The van der Waals surface area contributed by atoms with Gasteiger partial charge in [0.05, 0.1) is 0 Å². The van der Waals surface area contributed by atoms with Gasteiger partial charge in [-0.1, -0.05) is 6.08 Å². The van der Waals surface area contributed by atoms with Crippen molar-refractivity contribution in [2.45, 2.75) is 20.8 Å². The number of hydrogen-bond donors (Lipinski definition) is 0. The van der Waals surface area contributed by atoms with Crippen molar-refractivity contribution in [3.63, 3.8) is 0 Å². The van der Waals surface area contributed by atoms with Gasteiger partial charge >= 0.3 is 0 Å². The summed E-state index contributed by atoms with van der Waals surface area (Å²) in [4.78, 5) is 26.5. The van der Waals surface area contributed by atoms with Gasteiger partial charge in [-0.25, -0.2) is 0 Å². The summed E-state index contributed by atoms with van der Waals surface area (Å²) in [6, 6.07) is 0. The number of hydrogen-bond acceptors (Lipinski definition) is 3. The number of allylic oxidation sites excluding steroid dienone is 1. The second kappa shape index (κ2) is 4.53. The molecule has 0 unspecified atom stereocenters. The highest BCUT2D eigenvalue weighted by atomic mass is 32.1. The lowest BCUT2D eigenvalue weighted by molar-refractivity contribution is -0.133. The Balaban J connectivity index is 3.15. The zero-order valence-electron chi connectivity index (χ0n) is 9.11. The molecule has 0 aromatic rings. The van der Waals surface area contributed by atoms with E-state index in [1.807, 2.05) is 13.8 Å². The average molecular weight is 226 g/mol. The predicted octanol–water partition coefficient (Wildman–Crippen LogP) is 0.928. The zero-order chi connectivity index (χ0) is 11.6. The molecule has 1 fully saturated rings. The van der Waals surface area contributed by atoms with Gasteiger partial charge in [0.25, 0.3) is 11.8 Å². The van der Waals surface area contributed by atoms with Gasteiger partial charge in [-0.2, -0.15) is 0 Å². The van der Waals surface area contributed by atoms with E-state index in [0.29, 0.717) is 18.2 Å². The van der Waals surface area contributed by atoms with Crippen LogP contribution in [0.25, 0.3) is 0 Å². The van der Waals surface area contributed by atoms with Gasteiger partial charge in [0.1, 0.15) is 5.57 Å². The Morgan fingerprint density at radius 2 is 1.53 bits per heavy atom. The second-order valence-electron chi connectivity index (χ2n) is 3.08. The summed E-state index contributed by atoms with van der Waals surface area (Å²) in [7, 11) is 0. The van der Waals surface area contributed by atoms with E-state index in [2.05, 4.69) is 0 Å².